The standard InChI is InChI=1S/C11H24N2O/c1-6-13(11(14)10(2)3)9-7-8-12(4)5/h10H,6-9H2,1-5H3. The van der Waals surface area contributed by atoms with Gasteiger partial charge in [0.2, 0.25) is 5.91 Å². The van der Waals surface area contributed by atoms with Crippen molar-refractivity contribution in [3.8, 4) is 0 Å². The summed E-state index contributed by atoms with van der Waals surface area (Å²) in [7, 11) is 4.11. The van der Waals surface area contributed by atoms with E-state index in [9.17, 15) is 4.79 Å². The van der Waals surface area contributed by atoms with Crippen LogP contribution in [0.1, 0.15) is 27.2 Å². The van der Waals surface area contributed by atoms with Crippen LogP contribution >= 0.6 is 0 Å². The molecule has 3 heteroatoms. The first kappa shape index (κ1) is 13.4. The van der Waals surface area contributed by atoms with Crippen molar-refractivity contribution < 1.29 is 4.79 Å². The van der Waals surface area contributed by atoms with Crippen LogP contribution in [0.2, 0.25) is 0 Å². The van der Waals surface area contributed by atoms with Gasteiger partial charge in [-0.3, -0.25) is 4.79 Å². The SMILES string of the molecule is CCN(CCCN(C)C)C(=O)C(C)C. The summed E-state index contributed by atoms with van der Waals surface area (Å²) >= 11 is 0. The molecule has 0 aliphatic heterocycles. The summed E-state index contributed by atoms with van der Waals surface area (Å²) in [6, 6.07) is 0. The van der Waals surface area contributed by atoms with Crippen molar-refractivity contribution >= 4 is 5.91 Å². The lowest BCUT2D eigenvalue weighted by Gasteiger charge is -2.23. The van der Waals surface area contributed by atoms with Gasteiger partial charge in [0.15, 0.2) is 0 Å². The maximum Gasteiger partial charge on any atom is 0.225 e. The smallest absolute Gasteiger partial charge is 0.225 e. The molecule has 0 saturated carbocycles. The van der Waals surface area contributed by atoms with Gasteiger partial charge in [0, 0.05) is 19.0 Å². The zero-order valence-corrected chi connectivity index (χ0v) is 10.2. The highest BCUT2D eigenvalue weighted by Gasteiger charge is 2.14. The van der Waals surface area contributed by atoms with E-state index < -0.39 is 0 Å². The van der Waals surface area contributed by atoms with Gasteiger partial charge in [0.05, 0.1) is 0 Å². The second-order valence-corrected chi connectivity index (χ2v) is 4.23. The quantitative estimate of drug-likeness (QED) is 0.648. The highest BCUT2D eigenvalue weighted by Crippen LogP contribution is 2.02. The van der Waals surface area contributed by atoms with Crippen LogP contribution in [0.3, 0.4) is 0 Å². The Labute approximate surface area is 88.1 Å². The Kier molecular flexibility index (Phi) is 6.54. The molecule has 0 aromatic heterocycles. The van der Waals surface area contributed by atoms with E-state index in [1.165, 1.54) is 0 Å². The fraction of sp³-hybridized carbons (Fsp3) is 0.909. The van der Waals surface area contributed by atoms with Crippen molar-refractivity contribution in [2.75, 3.05) is 33.7 Å². The number of rotatable bonds is 6. The van der Waals surface area contributed by atoms with Crippen LogP contribution in [0.25, 0.3) is 0 Å². The maximum atomic E-state index is 11.7. The molecule has 0 unspecified atom stereocenters. The van der Waals surface area contributed by atoms with Gasteiger partial charge in [0.25, 0.3) is 0 Å². The first-order valence-corrected chi connectivity index (χ1v) is 5.42. The van der Waals surface area contributed by atoms with Crippen LogP contribution in [0.15, 0.2) is 0 Å². The first-order valence-electron chi connectivity index (χ1n) is 5.42. The molecule has 14 heavy (non-hydrogen) atoms. The molecule has 0 atom stereocenters. The Morgan fingerprint density at radius 2 is 1.79 bits per heavy atom. The van der Waals surface area contributed by atoms with Crippen LogP contribution in [0.4, 0.5) is 0 Å². The molecule has 84 valence electrons. The van der Waals surface area contributed by atoms with Crippen molar-refractivity contribution in [2.45, 2.75) is 27.2 Å². The monoisotopic (exact) mass is 200 g/mol. The Balaban J connectivity index is 3.85. The third-order valence-electron chi connectivity index (χ3n) is 2.22. The van der Waals surface area contributed by atoms with Crippen LogP contribution in [0, 0.1) is 5.92 Å². The molecule has 0 fully saturated rings. The summed E-state index contributed by atoms with van der Waals surface area (Å²) in [6.07, 6.45) is 1.05. The maximum absolute atomic E-state index is 11.7. The minimum Gasteiger partial charge on any atom is -0.343 e. The van der Waals surface area contributed by atoms with Gasteiger partial charge in [0.1, 0.15) is 0 Å². The van der Waals surface area contributed by atoms with E-state index in [-0.39, 0.29) is 11.8 Å². The molecule has 0 radical (unpaired) electrons. The molecule has 0 spiro atoms. The summed E-state index contributed by atoms with van der Waals surface area (Å²) in [6.45, 7) is 8.70. The molecular weight excluding hydrogens is 176 g/mol. The van der Waals surface area contributed by atoms with Crippen LogP contribution < -0.4 is 0 Å². The van der Waals surface area contributed by atoms with Crippen LogP contribution in [-0.4, -0.2) is 49.4 Å². The lowest BCUT2D eigenvalue weighted by molar-refractivity contribution is -0.134. The highest BCUT2D eigenvalue weighted by atomic mass is 16.2. The lowest BCUT2D eigenvalue weighted by Crippen LogP contribution is -2.35. The molecule has 0 rings (SSSR count). The van der Waals surface area contributed by atoms with E-state index in [1.807, 2.05) is 25.7 Å². The first-order chi connectivity index (χ1) is 6.49. The van der Waals surface area contributed by atoms with Gasteiger partial charge >= 0.3 is 0 Å². The van der Waals surface area contributed by atoms with E-state index in [4.69, 9.17) is 0 Å². The second-order valence-electron chi connectivity index (χ2n) is 4.23. The Morgan fingerprint density at radius 3 is 2.14 bits per heavy atom. The average Bonchev–Trinajstić information content (AvgIpc) is 2.10. The summed E-state index contributed by atoms with van der Waals surface area (Å²) < 4.78 is 0. The zero-order chi connectivity index (χ0) is 11.1. The van der Waals surface area contributed by atoms with Gasteiger partial charge in [-0.05, 0) is 34.0 Å². The van der Waals surface area contributed by atoms with E-state index >= 15 is 0 Å². The van der Waals surface area contributed by atoms with Crippen molar-refractivity contribution in [3.63, 3.8) is 0 Å². The Hall–Kier alpha value is -0.570. The fourth-order valence-corrected chi connectivity index (χ4v) is 1.37. The molecule has 0 aromatic rings. The minimum atomic E-state index is 0.120. The molecular formula is C11H24N2O. The molecule has 0 bridgehead atoms. The summed E-state index contributed by atoms with van der Waals surface area (Å²) in [4.78, 5) is 15.7. The average molecular weight is 200 g/mol. The van der Waals surface area contributed by atoms with Gasteiger partial charge in [-0.1, -0.05) is 13.8 Å². The van der Waals surface area contributed by atoms with E-state index in [2.05, 4.69) is 19.0 Å². The van der Waals surface area contributed by atoms with E-state index in [0.717, 1.165) is 26.1 Å². The normalized spacial score (nSPS) is 11.1. The van der Waals surface area contributed by atoms with Crippen LogP contribution in [0.5, 0.6) is 0 Å². The number of nitrogens with zero attached hydrogens (tertiary/aromatic N) is 2. The van der Waals surface area contributed by atoms with Crippen molar-refractivity contribution in [1.29, 1.82) is 0 Å². The number of hydrogen-bond acceptors (Lipinski definition) is 2. The van der Waals surface area contributed by atoms with Gasteiger partial charge in [-0.15, -0.1) is 0 Å². The van der Waals surface area contributed by atoms with Gasteiger partial charge < -0.3 is 9.80 Å². The Morgan fingerprint density at radius 1 is 1.21 bits per heavy atom. The minimum absolute atomic E-state index is 0.120. The van der Waals surface area contributed by atoms with Crippen molar-refractivity contribution in [1.82, 2.24) is 9.80 Å². The largest absolute Gasteiger partial charge is 0.343 e. The summed E-state index contributed by atoms with van der Waals surface area (Å²) in [5, 5.41) is 0. The number of amides is 1. The zero-order valence-electron chi connectivity index (χ0n) is 10.2. The second kappa shape index (κ2) is 6.82. The number of hydrogen-bond donors (Lipinski definition) is 0. The predicted octanol–water partition coefficient (Wildman–Crippen LogP) is 1.44. The summed E-state index contributed by atoms with van der Waals surface area (Å²) in [5.41, 5.74) is 0. The van der Waals surface area contributed by atoms with Crippen molar-refractivity contribution in [3.05, 3.63) is 0 Å². The number of carbonyl (C=O) groups excluding carboxylic acids is 1. The molecule has 0 N–H and O–H groups in total. The van der Waals surface area contributed by atoms with Gasteiger partial charge in [-0.2, -0.15) is 0 Å². The molecule has 0 heterocycles. The molecule has 0 saturated heterocycles. The molecule has 0 aliphatic rings. The topological polar surface area (TPSA) is 23.6 Å². The van der Waals surface area contributed by atoms with Gasteiger partial charge in [-0.25, -0.2) is 0 Å². The number of carbonyl (C=O) groups is 1. The molecule has 0 aromatic carbocycles. The van der Waals surface area contributed by atoms with E-state index in [1.54, 1.807) is 0 Å². The summed E-state index contributed by atoms with van der Waals surface area (Å²) in [5.74, 6) is 0.389. The third kappa shape index (κ3) is 5.22. The fourth-order valence-electron chi connectivity index (χ4n) is 1.37. The van der Waals surface area contributed by atoms with Crippen LogP contribution in [-0.2, 0) is 4.79 Å². The predicted molar refractivity (Wildman–Crippen MR) is 60.3 cm³/mol. The van der Waals surface area contributed by atoms with Crippen molar-refractivity contribution in [2.24, 2.45) is 5.92 Å². The molecule has 3 nitrogen and oxygen atoms in total. The Bertz CT molecular complexity index is 167. The lowest BCUT2D eigenvalue weighted by atomic mass is 10.2. The molecule has 0 aliphatic carbocycles. The third-order valence-corrected chi connectivity index (χ3v) is 2.22. The highest BCUT2D eigenvalue weighted by molar-refractivity contribution is 5.78. The van der Waals surface area contributed by atoms with E-state index in [0.29, 0.717) is 0 Å². The molecule has 1 amide bonds.